The Hall–Kier alpha value is -17.6. The molecule has 0 aliphatic carbocycles. The highest BCUT2D eigenvalue weighted by atomic mass is 35.5. The Bertz CT molecular complexity index is 10400. The summed E-state index contributed by atoms with van der Waals surface area (Å²) in [5.41, 5.74) is 34.6. The number of halogens is 4. The summed E-state index contributed by atoms with van der Waals surface area (Å²) in [5.74, 6) is 0. The van der Waals surface area contributed by atoms with Gasteiger partial charge in [-0.2, -0.15) is 0 Å². The van der Waals surface area contributed by atoms with Crippen LogP contribution in [0.4, 0.5) is 0 Å². The number of aromatic nitrogens is 4. The van der Waals surface area contributed by atoms with Crippen molar-refractivity contribution in [1.29, 1.82) is 0 Å². The monoisotopic (exact) mass is 1920 g/mol. The van der Waals surface area contributed by atoms with E-state index in [9.17, 15) is 0 Å². The van der Waals surface area contributed by atoms with Crippen molar-refractivity contribution in [3.05, 3.63) is 505 Å². The van der Waals surface area contributed by atoms with Crippen LogP contribution in [0.1, 0.15) is 0 Å². The molecule has 0 amide bonds. The molecule has 22 aromatic carbocycles. The van der Waals surface area contributed by atoms with Gasteiger partial charge >= 0.3 is 0 Å². The number of hydrogen-bond donors (Lipinski definition) is 0. The predicted octanol–water partition coefficient (Wildman–Crippen LogP) is 39.3. The zero-order valence-electron chi connectivity index (χ0n) is 77.1. The molecule has 0 atom stereocenters. The van der Waals surface area contributed by atoms with Crippen molar-refractivity contribution in [3.63, 3.8) is 0 Å². The van der Waals surface area contributed by atoms with E-state index in [4.69, 9.17) is 64.1 Å². The van der Waals surface area contributed by atoms with Gasteiger partial charge in [0.1, 0.15) is 44.7 Å². The molecule has 680 valence electrons. The molecule has 0 aliphatic heterocycles. The Morgan fingerprint density at radius 1 is 0.146 bits per heavy atom. The number of fused-ring (bicyclic) bond motifs is 24. The van der Waals surface area contributed by atoms with Crippen molar-refractivity contribution < 1.29 is 17.7 Å². The highest BCUT2D eigenvalue weighted by molar-refractivity contribution is 6.38. The van der Waals surface area contributed by atoms with Crippen LogP contribution in [0.15, 0.2) is 503 Å². The molecule has 144 heavy (non-hydrogen) atoms. The second-order valence-corrected chi connectivity index (χ2v) is 38.2. The first-order valence-electron chi connectivity index (χ1n) is 48.0. The molecule has 12 heteroatoms. The van der Waals surface area contributed by atoms with E-state index in [0.29, 0.717) is 15.1 Å². The predicted molar refractivity (Wildman–Crippen MR) is 605 cm³/mol. The summed E-state index contributed by atoms with van der Waals surface area (Å²) >= 11 is 25.7. The molecule has 0 unspecified atom stereocenters. The van der Waals surface area contributed by atoms with Gasteiger partial charge in [-0.25, -0.2) is 0 Å². The lowest BCUT2D eigenvalue weighted by molar-refractivity contribution is 0.668. The number of para-hydroxylation sites is 9. The van der Waals surface area contributed by atoms with Crippen LogP contribution in [-0.2, 0) is 0 Å². The third-order valence-corrected chi connectivity index (χ3v) is 29.4. The number of rotatable bonds is 10. The van der Waals surface area contributed by atoms with Gasteiger partial charge in [0.2, 0.25) is 0 Å². The Morgan fingerprint density at radius 2 is 0.451 bits per heavy atom. The molecule has 30 aromatic rings. The third kappa shape index (κ3) is 14.7. The molecule has 0 saturated carbocycles. The van der Waals surface area contributed by atoms with Crippen molar-refractivity contribution in [2.75, 3.05) is 0 Å². The first-order chi connectivity index (χ1) is 71.0. The van der Waals surface area contributed by atoms with E-state index in [2.05, 4.69) is 413 Å². The summed E-state index contributed by atoms with van der Waals surface area (Å²) in [5, 5.41) is 21.4. The van der Waals surface area contributed by atoms with E-state index in [-0.39, 0.29) is 0 Å². The van der Waals surface area contributed by atoms with Gasteiger partial charge in [-0.1, -0.05) is 325 Å². The molecule has 30 rings (SSSR count). The lowest BCUT2D eigenvalue weighted by atomic mass is 9.97. The van der Waals surface area contributed by atoms with Gasteiger partial charge < -0.3 is 35.9 Å². The molecular weight excluding hydrogens is 1850 g/mol. The second kappa shape index (κ2) is 35.3. The summed E-state index contributed by atoms with van der Waals surface area (Å²) < 4.78 is 34.1. The minimum Gasteiger partial charge on any atom is -0.456 e. The van der Waals surface area contributed by atoms with E-state index in [1.165, 1.54) is 104 Å². The fourth-order valence-electron chi connectivity index (χ4n) is 21.7. The molecule has 8 heterocycles. The summed E-state index contributed by atoms with van der Waals surface area (Å²) in [7, 11) is 0. The topological polar surface area (TPSA) is 72.3 Å². The molecule has 0 bridgehead atoms. The fourth-order valence-corrected chi connectivity index (χ4v) is 22.6. The summed E-state index contributed by atoms with van der Waals surface area (Å²) in [4.78, 5) is 0. The van der Waals surface area contributed by atoms with Crippen LogP contribution in [0.25, 0.3) is 264 Å². The number of benzene rings is 22. The lowest BCUT2D eigenvalue weighted by Crippen LogP contribution is -1.93. The smallest absolute Gasteiger partial charge is 0.143 e. The maximum Gasteiger partial charge on any atom is 0.143 e. The lowest BCUT2D eigenvalue weighted by Gasteiger charge is -2.09. The van der Waals surface area contributed by atoms with Gasteiger partial charge in [-0.15, -0.1) is 0 Å². The minimum absolute atomic E-state index is 0.711. The van der Waals surface area contributed by atoms with Gasteiger partial charge in [0.15, 0.2) is 0 Å². The molecule has 8 nitrogen and oxygen atoms in total. The Morgan fingerprint density at radius 3 is 0.944 bits per heavy atom. The van der Waals surface area contributed by atoms with E-state index in [1.807, 2.05) is 91.0 Å². The highest BCUT2D eigenvalue weighted by Crippen LogP contribution is 2.48. The molecule has 8 aromatic heterocycles. The maximum atomic E-state index is 6.63. The second-order valence-electron chi connectivity index (χ2n) is 36.5. The molecular formula is C132H80Cl4N4O4. The maximum absolute atomic E-state index is 6.63. The molecule has 0 fully saturated rings. The molecule has 0 spiro atoms. The van der Waals surface area contributed by atoms with Crippen LogP contribution in [0.2, 0.25) is 20.1 Å². The van der Waals surface area contributed by atoms with Crippen molar-refractivity contribution in [2.45, 2.75) is 0 Å². The molecule has 0 saturated heterocycles. The first-order valence-corrected chi connectivity index (χ1v) is 49.6. The third-order valence-electron chi connectivity index (χ3n) is 28.3. The normalized spacial score (nSPS) is 11.8. The zero-order valence-corrected chi connectivity index (χ0v) is 80.1. The van der Waals surface area contributed by atoms with Gasteiger partial charge in [-0.3, -0.25) is 0 Å². The summed E-state index contributed by atoms with van der Waals surface area (Å²) in [6.07, 6.45) is 0. The first kappa shape index (κ1) is 85.6. The average Bonchev–Trinajstić information content (AvgIpc) is 1.59. The van der Waals surface area contributed by atoms with Gasteiger partial charge in [0.25, 0.3) is 0 Å². The van der Waals surface area contributed by atoms with E-state index >= 15 is 0 Å². The summed E-state index contributed by atoms with van der Waals surface area (Å²) in [6.45, 7) is 0. The van der Waals surface area contributed by atoms with Crippen LogP contribution < -0.4 is 0 Å². The van der Waals surface area contributed by atoms with E-state index in [1.54, 1.807) is 0 Å². The van der Waals surface area contributed by atoms with Crippen molar-refractivity contribution in [1.82, 2.24) is 18.3 Å². The average molecular weight is 1930 g/mol. The number of furan rings is 4. The SMILES string of the molecule is Clc1ccc2oc3ccc(-c4ccc5c(c4)c4ccccc4n5-c4ccccc4)cc3c2c1.Clc1cccc(-c2cccc3c2oc2ccc(-c4ccc5c6ccccc6n(-c6ccccc6)c5c4)cc23)c1.Clc1cccc2oc3ccc(-c4ccc5c6ccccc6n(-c6ccccc6)c5c4)cc3c12.Clc1ccccc1-c1cccc2oc3ccc(-c4ccc5c6ccccc6n(-c6ccccc6)c5c4)cc3c12. The van der Waals surface area contributed by atoms with Crippen molar-refractivity contribution in [2.24, 2.45) is 0 Å². The van der Waals surface area contributed by atoms with Crippen LogP contribution >= 0.6 is 46.4 Å². The molecule has 0 N–H and O–H groups in total. The zero-order chi connectivity index (χ0) is 95.7. The number of nitrogens with zero attached hydrogens (tertiary/aromatic N) is 4. The van der Waals surface area contributed by atoms with Gasteiger partial charge in [-0.05, 0) is 262 Å². The standard InChI is InChI=1S/2C36H22ClNO.2C30H18ClNO/c37-31-14-6-4-11-26(31)29-13-8-16-35-36(29)30-21-23(18-20-34(30)39-35)24-17-19-28-27-12-5-7-15-32(27)38(33(28)22-24)25-9-2-1-3-10-25;37-26-9-6-8-25(20-26)28-13-7-14-31-32-21-23(17-19-35(32)39-36(28)31)24-16-18-30-29-12-4-5-15-33(29)38(34(30)22-24)27-10-2-1-3-11-27;31-25-10-6-12-29-30(25)24-17-19(14-16-28(24)33-29)20-13-15-23-22-9-4-5-11-26(22)32(27(23)18-20)21-7-2-1-3-8-21;31-21-12-15-30-26(18-21)25-17-20(11-14-29(25)33-30)19-10-13-28-24(16-19)23-8-4-5-9-27(23)32(28)22-6-2-1-3-7-22/h2*1-22H;2*1-18H. The van der Waals surface area contributed by atoms with Crippen molar-refractivity contribution >= 4 is 221 Å². The largest absolute Gasteiger partial charge is 0.456 e. The fraction of sp³-hybridized carbons (Fsp3) is 0. The Balaban J connectivity index is 0.0000000959. The van der Waals surface area contributed by atoms with Gasteiger partial charge in [0.05, 0.1) is 49.2 Å². The minimum atomic E-state index is 0.711. The van der Waals surface area contributed by atoms with Gasteiger partial charge in [0, 0.05) is 135 Å². The summed E-state index contributed by atoms with van der Waals surface area (Å²) in [6, 6.07) is 169. The van der Waals surface area contributed by atoms with E-state index < -0.39 is 0 Å². The quantitative estimate of drug-likeness (QED) is 0.137. The van der Waals surface area contributed by atoms with Crippen LogP contribution in [0.5, 0.6) is 0 Å². The van der Waals surface area contributed by atoms with Crippen LogP contribution in [-0.4, -0.2) is 18.3 Å². The molecule has 0 aliphatic rings. The van der Waals surface area contributed by atoms with Crippen LogP contribution in [0.3, 0.4) is 0 Å². The van der Waals surface area contributed by atoms with E-state index in [0.717, 1.165) is 165 Å². The number of hydrogen-bond acceptors (Lipinski definition) is 4. The van der Waals surface area contributed by atoms with Crippen molar-refractivity contribution in [3.8, 4) is 89.5 Å². The highest BCUT2D eigenvalue weighted by Gasteiger charge is 2.24. The Kier molecular flexibility index (Phi) is 21.0. The Labute approximate surface area is 845 Å². The molecule has 0 radical (unpaired) electrons. The van der Waals surface area contributed by atoms with Crippen LogP contribution in [0, 0.1) is 0 Å².